The first-order chi connectivity index (χ1) is 22.3. The smallest absolute Gasteiger partial charge is 0.328 e. The fourth-order valence-corrected chi connectivity index (χ4v) is 6.10. The molecule has 0 radical (unpaired) electrons. The molecule has 6 nitrogen and oxygen atoms in total. The number of benzene rings is 4. The molecule has 1 amide bonds. The van der Waals surface area contributed by atoms with Crippen LogP contribution in [-0.2, 0) is 19.9 Å². The number of hydrogen-bond donors (Lipinski definition) is 1. The normalized spacial score (nSPS) is 15.9. The van der Waals surface area contributed by atoms with E-state index in [0.717, 1.165) is 48.3 Å². The van der Waals surface area contributed by atoms with Gasteiger partial charge in [-0.3, -0.25) is 9.69 Å². The Morgan fingerprint density at radius 3 is 2.20 bits per heavy atom. The molecule has 1 heterocycles. The van der Waals surface area contributed by atoms with E-state index in [4.69, 9.17) is 9.47 Å². The highest BCUT2D eigenvalue weighted by Crippen LogP contribution is 2.34. The monoisotopic (exact) mass is 622 g/mol. The number of esters is 1. The molecule has 0 aliphatic carbocycles. The zero-order valence-corrected chi connectivity index (χ0v) is 26.9. The van der Waals surface area contributed by atoms with E-state index in [1.54, 1.807) is 26.2 Å². The van der Waals surface area contributed by atoms with Crippen molar-refractivity contribution in [2.75, 3.05) is 38.7 Å². The van der Waals surface area contributed by atoms with Crippen LogP contribution in [0.4, 0.5) is 10.1 Å². The molecule has 240 valence electrons. The highest BCUT2D eigenvalue weighted by Gasteiger charge is 2.32. The Labute approximate surface area is 271 Å². The predicted molar refractivity (Wildman–Crippen MR) is 181 cm³/mol. The molecule has 1 fully saturated rings. The molecule has 7 heteroatoms. The molecule has 0 spiro atoms. The molecule has 0 bridgehead atoms. The molecule has 46 heavy (non-hydrogen) atoms. The summed E-state index contributed by atoms with van der Waals surface area (Å²) in [5.74, 6) is -0.0990. The number of ether oxygens (including phenoxy) is 2. The van der Waals surface area contributed by atoms with Crippen LogP contribution in [0.15, 0.2) is 103 Å². The number of rotatable bonds is 12. The second kappa shape index (κ2) is 15.3. The minimum absolute atomic E-state index is 0.200. The van der Waals surface area contributed by atoms with Crippen LogP contribution in [0.5, 0.6) is 0 Å². The number of halogens is 1. The molecule has 4 aromatic rings. The van der Waals surface area contributed by atoms with Crippen LogP contribution < -0.4 is 5.32 Å². The second-order valence-electron chi connectivity index (χ2n) is 12.0. The number of alkyl halides is 1. The fourth-order valence-electron chi connectivity index (χ4n) is 6.10. The summed E-state index contributed by atoms with van der Waals surface area (Å²) < 4.78 is 25.4. The standard InChI is InChI=1S/C39H43FN2O4/c1-4-39(2,40)32-18-14-30(15-19-32)34-12-8-9-13-35(34)37(43)41-33-20-16-28(17-21-33)29-22-24-42(25-23-29)36(31-10-6-5-7-11-31)38(44)46-27-26-45-3/h5-21,29,36H,4,22-27H2,1-3H3,(H,41,43). The van der Waals surface area contributed by atoms with Crippen LogP contribution in [0.2, 0.25) is 0 Å². The van der Waals surface area contributed by atoms with Crippen molar-refractivity contribution in [3.63, 3.8) is 0 Å². The van der Waals surface area contributed by atoms with Gasteiger partial charge in [-0.15, -0.1) is 0 Å². The SMILES string of the molecule is CCC(C)(F)c1ccc(-c2ccccc2C(=O)Nc2ccc(C3CCN(C(C(=O)OCCOC)c4ccccc4)CC3)cc2)cc1. The van der Waals surface area contributed by atoms with E-state index in [9.17, 15) is 14.0 Å². The van der Waals surface area contributed by atoms with Gasteiger partial charge in [0.15, 0.2) is 0 Å². The number of carbonyl (C=O) groups is 2. The molecular formula is C39H43FN2O4. The van der Waals surface area contributed by atoms with Gasteiger partial charge >= 0.3 is 5.97 Å². The summed E-state index contributed by atoms with van der Waals surface area (Å²) in [6.07, 6.45) is 2.21. The van der Waals surface area contributed by atoms with E-state index in [0.29, 0.717) is 30.1 Å². The van der Waals surface area contributed by atoms with E-state index in [1.165, 1.54) is 5.56 Å². The van der Waals surface area contributed by atoms with Gasteiger partial charge in [-0.25, -0.2) is 9.18 Å². The summed E-state index contributed by atoms with van der Waals surface area (Å²) >= 11 is 0. The minimum Gasteiger partial charge on any atom is -0.462 e. The maximum absolute atomic E-state index is 14.8. The van der Waals surface area contributed by atoms with Gasteiger partial charge in [0.2, 0.25) is 0 Å². The summed E-state index contributed by atoms with van der Waals surface area (Å²) in [4.78, 5) is 28.7. The number of carbonyl (C=O) groups excluding carboxylic acids is 2. The van der Waals surface area contributed by atoms with Crippen LogP contribution in [0.25, 0.3) is 11.1 Å². The van der Waals surface area contributed by atoms with Gasteiger partial charge in [-0.2, -0.15) is 0 Å². The zero-order valence-electron chi connectivity index (χ0n) is 26.9. The first kappa shape index (κ1) is 33.0. The van der Waals surface area contributed by atoms with Crippen molar-refractivity contribution in [3.8, 4) is 11.1 Å². The highest BCUT2D eigenvalue weighted by molar-refractivity contribution is 6.08. The van der Waals surface area contributed by atoms with E-state index in [1.807, 2.05) is 85.8 Å². The quantitative estimate of drug-likeness (QED) is 0.127. The fraction of sp³-hybridized carbons (Fsp3) is 0.333. The third-order valence-corrected chi connectivity index (χ3v) is 9.04. The molecule has 2 atom stereocenters. The molecule has 1 saturated heterocycles. The van der Waals surface area contributed by atoms with Crippen LogP contribution in [-0.4, -0.2) is 50.2 Å². The number of piperidine rings is 1. The molecule has 1 aliphatic rings. The molecule has 0 aromatic heterocycles. The van der Waals surface area contributed by atoms with Gasteiger partial charge in [0, 0.05) is 18.4 Å². The summed E-state index contributed by atoms with van der Waals surface area (Å²) in [6, 6.07) is 32.2. The Bertz CT molecular complexity index is 1580. The van der Waals surface area contributed by atoms with E-state index >= 15 is 0 Å². The number of anilines is 1. The van der Waals surface area contributed by atoms with Crippen molar-refractivity contribution in [1.82, 2.24) is 4.90 Å². The van der Waals surface area contributed by atoms with Crippen molar-refractivity contribution in [2.24, 2.45) is 0 Å². The molecule has 0 saturated carbocycles. The third-order valence-electron chi connectivity index (χ3n) is 9.04. The lowest BCUT2D eigenvalue weighted by atomic mass is 9.88. The third kappa shape index (κ3) is 7.90. The second-order valence-corrected chi connectivity index (χ2v) is 12.0. The Morgan fingerprint density at radius 2 is 1.54 bits per heavy atom. The lowest BCUT2D eigenvalue weighted by molar-refractivity contribution is -0.152. The largest absolute Gasteiger partial charge is 0.462 e. The Kier molecular flexibility index (Phi) is 11.0. The number of methoxy groups -OCH3 is 1. The first-order valence-electron chi connectivity index (χ1n) is 16.1. The molecule has 1 aliphatic heterocycles. The van der Waals surface area contributed by atoms with Crippen LogP contribution in [0.1, 0.15) is 72.1 Å². The molecule has 4 aromatic carbocycles. The summed E-state index contributed by atoms with van der Waals surface area (Å²) in [6.45, 7) is 5.55. The van der Waals surface area contributed by atoms with Gasteiger partial charge in [-0.1, -0.05) is 91.9 Å². The average molecular weight is 623 g/mol. The zero-order chi connectivity index (χ0) is 32.5. The molecule has 2 unspecified atom stereocenters. The summed E-state index contributed by atoms with van der Waals surface area (Å²) in [7, 11) is 1.59. The number of hydrogen-bond acceptors (Lipinski definition) is 5. The number of likely N-dealkylation sites (tertiary alicyclic amines) is 1. The van der Waals surface area contributed by atoms with Gasteiger partial charge < -0.3 is 14.8 Å². The lowest BCUT2D eigenvalue weighted by Crippen LogP contribution is -2.40. The van der Waals surface area contributed by atoms with E-state index < -0.39 is 11.7 Å². The molecule has 1 N–H and O–H groups in total. The average Bonchev–Trinajstić information content (AvgIpc) is 3.10. The number of nitrogens with zero attached hydrogens (tertiary/aromatic N) is 1. The van der Waals surface area contributed by atoms with Gasteiger partial charge in [0.05, 0.1) is 6.61 Å². The van der Waals surface area contributed by atoms with Crippen molar-refractivity contribution in [2.45, 2.75) is 50.7 Å². The van der Waals surface area contributed by atoms with Crippen molar-refractivity contribution < 1.29 is 23.5 Å². The van der Waals surface area contributed by atoms with Gasteiger partial charge in [-0.05, 0) is 91.2 Å². The van der Waals surface area contributed by atoms with Crippen molar-refractivity contribution >= 4 is 17.6 Å². The lowest BCUT2D eigenvalue weighted by Gasteiger charge is -2.36. The summed E-state index contributed by atoms with van der Waals surface area (Å²) in [5.41, 5.74) is 4.31. The topological polar surface area (TPSA) is 67.9 Å². The Hall–Kier alpha value is -4.33. The van der Waals surface area contributed by atoms with Crippen LogP contribution in [0.3, 0.4) is 0 Å². The Balaban J connectivity index is 1.22. The van der Waals surface area contributed by atoms with E-state index in [-0.39, 0.29) is 18.5 Å². The number of nitrogens with one attached hydrogen (secondary N) is 1. The minimum atomic E-state index is -1.39. The number of amides is 1. The van der Waals surface area contributed by atoms with Crippen LogP contribution in [0, 0.1) is 0 Å². The summed E-state index contributed by atoms with van der Waals surface area (Å²) in [5, 5.41) is 3.05. The van der Waals surface area contributed by atoms with Crippen molar-refractivity contribution in [1.29, 1.82) is 0 Å². The van der Waals surface area contributed by atoms with Gasteiger partial charge in [0.25, 0.3) is 5.91 Å². The maximum atomic E-state index is 14.8. The van der Waals surface area contributed by atoms with Gasteiger partial charge in [0.1, 0.15) is 18.3 Å². The molecular weight excluding hydrogens is 579 g/mol. The Morgan fingerprint density at radius 1 is 0.891 bits per heavy atom. The predicted octanol–water partition coefficient (Wildman–Crippen LogP) is 8.31. The van der Waals surface area contributed by atoms with E-state index in [2.05, 4.69) is 22.3 Å². The highest BCUT2D eigenvalue weighted by atomic mass is 19.1. The van der Waals surface area contributed by atoms with Crippen molar-refractivity contribution in [3.05, 3.63) is 125 Å². The first-order valence-corrected chi connectivity index (χ1v) is 16.1. The maximum Gasteiger partial charge on any atom is 0.328 e. The molecule has 5 rings (SSSR count). The van der Waals surface area contributed by atoms with Crippen LogP contribution >= 0.6 is 0 Å².